The molecule has 0 bridgehead atoms. The number of hydrogen-bond acceptors (Lipinski definition) is 5. The normalized spacial score (nSPS) is 12.8. The van der Waals surface area contributed by atoms with Gasteiger partial charge in [0.05, 0.1) is 22.3 Å². The van der Waals surface area contributed by atoms with E-state index in [1.165, 1.54) is 12.3 Å². The number of aromatic nitrogens is 3. The Kier molecular flexibility index (Phi) is 6.18. The SMILES string of the molecule is Cc1cc(C)c(S(=O)(=O)NC(C)CNc2cccc3c2cnn3-c2ccnc(F)c2)c(C)c1. The number of halogens is 1. The van der Waals surface area contributed by atoms with Crippen molar-refractivity contribution in [1.29, 1.82) is 0 Å². The predicted molar refractivity (Wildman–Crippen MR) is 128 cm³/mol. The van der Waals surface area contributed by atoms with Gasteiger partial charge in [-0.3, -0.25) is 0 Å². The average molecular weight is 468 g/mol. The maximum absolute atomic E-state index is 13.6. The smallest absolute Gasteiger partial charge is 0.241 e. The molecule has 2 heterocycles. The number of nitrogens with one attached hydrogen (secondary N) is 2. The fraction of sp³-hybridized carbons (Fsp3) is 0.250. The van der Waals surface area contributed by atoms with Crippen LogP contribution in [0.3, 0.4) is 0 Å². The molecule has 33 heavy (non-hydrogen) atoms. The van der Waals surface area contributed by atoms with Crippen LogP contribution in [-0.2, 0) is 10.0 Å². The second-order valence-corrected chi connectivity index (χ2v) is 9.91. The highest BCUT2D eigenvalue weighted by molar-refractivity contribution is 7.89. The molecule has 1 atom stereocenters. The van der Waals surface area contributed by atoms with E-state index in [-0.39, 0.29) is 6.04 Å². The minimum absolute atomic E-state index is 0.327. The molecular formula is C24H26FN5O2S. The molecule has 172 valence electrons. The van der Waals surface area contributed by atoms with Crippen LogP contribution in [0.2, 0.25) is 0 Å². The molecule has 9 heteroatoms. The van der Waals surface area contributed by atoms with E-state index in [0.717, 1.165) is 33.3 Å². The highest BCUT2D eigenvalue weighted by atomic mass is 32.2. The standard InChI is InChI=1S/C24H26FN5O2S/c1-15-10-16(2)24(17(3)11-15)33(31,32)29-18(4)13-27-21-6-5-7-22-20(21)14-28-30(22)19-8-9-26-23(25)12-19/h5-12,14,18,27,29H,13H2,1-4H3. The minimum atomic E-state index is -3.67. The predicted octanol–water partition coefficient (Wildman–Crippen LogP) is 4.26. The Morgan fingerprint density at radius 1 is 1.09 bits per heavy atom. The lowest BCUT2D eigenvalue weighted by Crippen LogP contribution is -2.38. The molecule has 0 amide bonds. The Labute approximate surface area is 192 Å². The van der Waals surface area contributed by atoms with Crippen molar-refractivity contribution in [2.45, 2.75) is 38.6 Å². The van der Waals surface area contributed by atoms with E-state index in [1.54, 1.807) is 16.9 Å². The Balaban J connectivity index is 1.52. The third-order valence-corrected chi connectivity index (χ3v) is 7.29. The largest absolute Gasteiger partial charge is 0.383 e. The lowest BCUT2D eigenvalue weighted by Gasteiger charge is -2.18. The number of sulfonamides is 1. The van der Waals surface area contributed by atoms with E-state index in [2.05, 4.69) is 20.1 Å². The van der Waals surface area contributed by atoms with Crippen LogP contribution in [0.1, 0.15) is 23.6 Å². The molecular weight excluding hydrogens is 441 g/mol. The van der Waals surface area contributed by atoms with Gasteiger partial charge in [-0.2, -0.15) is 9.49 Å². The number of fused-ring (bicyclic) bond motifs is 1. The number of rotatable bonds is 7. The fourth-order valence-electron chi connectivity index (χ4n) is 4.15. The maximum Gasteiger partial charge on any atom is 0.241 e. The number of nitrogens with zero attached hydrogens (tertiary/aromatic N) is 3. The molecule has 2 aromatic heterocycles. The van der Waals surface area contributed by atoms with Crippen molar-refractivity contribution in [3.8, 4) is 5.69 Å². The first-order valence-electron chi connectivity index (χ1n) is 10.6. The van der Waals surface area contributed by atoms with Gasteiger partial charge in [0.15, 0.2) is 0 Å². The molecule has 4 aromatic rings. The number of benzene rings is 2. The van der Waals surface area contributed by atoms with Gasteiger partial charge in [0, 0.05) is 35.9 Å². The summed E-state index contributed by atoms with van der Waals surface area (Å²) in [5.74, 6) is -0.578. The first kappa shape index (κ1) is 22.9. The second-order valence-electron chi connectivity index (χ2n) is 8.26. The molecule has 1 unspecified atom stereocenters. The minimum Gasteiger partial charge on any atom is -0.383 e. The highest BCUT2D eigenvalue weighted by Gasteiger charge is 2.22. The van der Waals surface area contributed by atoms with Gasteiger partial charge < -0.3 is 5.32 Å². The molecule has 0 radical (unpaired) electrons. The van der Waals surface area contributed by atoms with E-state index in [1.807, 2.05) is 58.0 Å². The summed E-state index contributed by atoms with van der Waals surface area (Å²) in [7, 11) is -3.67. The molecule has 0 aliphatic heterocycles. The Morgan fingerprint density at radius 3 is 2.52 bits per heavy atom. The zero-order chi connectivity index (χ0) is 23.8. The van der Waals surface area contributed by atoms with Crippen LogP contribution in [0.25, 0.3) is 16.6 Å². The summed E-state index contributed by atoms with van der Waals surface area (Å²) in [6.07, 6.45) is 3.09. The lowest BCUT2D eigenvalue weighted by atomic mass is 10.1. The summed E-state index contributed by atoms with van der Waals surface area (Å²) in [5, 5.41) is 8.54. The van der Waals surface area contributed by atoms with Crippen LogP contribution in [0.4, 0.5) is 10.1 Å². The van der Waals surface area contributed by atoms with Crippen molar-refractivity contribution in [2.75, 3.05) is 11.9 Å². The summed E-state index contributed by atoms with van der Waals surface area (Å²) < 4.78 is 44.0. The van der Waals surface area contributed by atoms with Crippen LogP contribution in [0.15, 0.2) is 59.8 Å². The molecule has 0 saturated carbocycles. The van der Waals surface area contributed by atoms with Crippen LogP contribution in [0, 0.1) is 26.7 Å². The van der Waals surface area contributed by atoms with E-state index in [0.29, 0.717) is 17.1 Å². The molecule has 7 nitrogen and oxygen atoms in total. The molecule has 2 N–H and O–H groups in total. The van der Waals surface area contributed by atoms with Gasteiger partial charge in [0.25, 0.3) is 0 Å². The first-order chi connectivity index (χ1) is 15.7. The maximum atomic E-state index is 13.6. The number of hydrogen-bond donors (Lipinski definition) is 2. The highest BCUT2D eigenvalue weighted by Crippen LogP contribution is 2.26. The topological polar surface area (TPSA) is 88.9 Å². The van der Waals surface area contributed by atoms with Crippen molar-refractivity contribution >= 4 is 26.6 Å². The average Bonchev–Trinajstić information content (AvgIpc) is 3.15. The van der Waals surface area contributed by atoms with Crippen molar-refractivity contribution in [3.05, 3.63) is 77.5 Å². The third-order valence-electron chi connectivity index (χ3n) is 5.40. The van der Waals surface area contributed by atoms with Crippen molar-refractivity contribution in [2.24, 2.45) is 0 Å². The van der Waals surface area contributed by atoms with E-state index in [9.17, 15) is 12.8 Å². The van der Waals surface area contributed by atoms with Crippen LogP contribution in [-0.4, -0.2) is 35.8 Å². The molecule has 2 aromatic carbocycles. The quantitative estimate of drug-likeness (QED) is 0.397. The van der Waals surface area contributed by atoms with Gasteiger partial charge in [0.2, 0.25) is 16.0 Å². The first-order valence-corrected chi connectivity index (χ1v) is 12.1. The van der Waals surface area contributed by atoms with Crippen molar-refractivity contribution in [3.63, 3.8) is 0 Å². The Hall–Kier alpha value is -3.30. The number of pyridine rings is 1. The zero-order valence-electron chi connectivity index (χ0n) is 18.9. The van der Waals surface area contributed by atoms with Gasteiger partial charge in [-0.05, 0) is 57.0 Å². The van der Waals surface area contributed by atoms with Gasteiger partial charge in [-0.25, -0.2) is 22.8 Å². The molecule has 4 rings (SSSR count). The van der Waals surface area contributed by atoms with Gasteiger partial charge in [0.1, 0.15) is 0 Å². The van der Waals surface area contributed by atoms with Crippen LogP contribution < -0.4 is 10.0 Å². The summed E-state index contributed by atoms with van der Waals surface area (Å²) in [4.78, 5) is 3.91. The molecule has 0 saturated heterocycles. The third kappa shape index (κ3) is 4.74. The van der Waals surface area contributed by atoms with Crippen LogP contribution >= 0.6 is 0 Å². The van der Waals surface area contributed by atoms with Gasteiger partial charge in [-0.15, -0.1) is 0 Å². The lowest BCUT2D eigenvalue weighted by molar-refractivity contribution is 0.564. The van der Waals surface area contributed by atoms with E-state index >= 15 is 0 Å². The summed E-state index contributed by atoms with van der Waals surface area (Å²) in [5.41, 5.74) is 4.66. The van der Waals surface area contributed by atoms with Gasteiger partial charge >= 0.3 is 0 Å². The van der Waals surface area contributed by atoms with E-state index in [4.69, 9.17) is 0 Å². The fourth-order valence-corrected chi connectivity index (χ4v) is 5.85. The zero-order valence-corrected chi connectivity index (χ0v) is 19.7. The number of aryl methyl sites for hydroxylation is 3. The molecule has 0 fully saturated rings. The molecule has 0 spiro atoms. The molecule has 0 aliphatic carbocycles. The monoisotopic (exact) mass is 467 g/mol. The van der Waals surface area contributed by atoms with E-state index < -0.39 is 16.0 Å². The van der Waals surface area contributed by atoms with Crippen molar-refractivity contribution in [1.82, 2.24) is 19.5 Å². The summed E-state index contributed by atoms with van der Waals surface area (Å²) >= 11 is 0. The number of anilines is 1. The Morgan fingerprint density at radius 2 is 1.82 bits per heavy atom. The summed E-state index contributed by atoms with van der Waals surface area (Å²) in [6, 6.07) is 12.0. The van der Waals surface area contributed by atoms with Gasteiger partial charge in [-0.1, -0.05) is 23.8 Å². The Bertz CT molecular complexity index is 1410. The second kappa shape index (κ2) is 8.92. The van der Waals surface area contributed by atoms with Crippen LogP contribution in [0.5, 0.6) is 0 Å². The summed E-state index contributed by atoms with van der Waals surface area (Å²) in [6.45, 7) is 7.75. The van der Waals surface area contributed by atoms with Crippen molar-refractivity contribution < 1.29 is 12.8 Å². The molecule has 0 aliphatic rings.